The van der Waals surface area contributed by atoms with Crippen LogP contribution in [0.5, 0.6) is 0 Å². The molecule has 7 nitrogen and oxygen atoms in total. The van der Waals surface area contributed by atoms with Crippen LogP contribution >= 0.6 is 0 Å². The van der Waals surface area contributed by atoms with Crippen LogP contribution in [0, 0.1) is 5.92 Å². The first kappa shape index (κ1) is 19.0. The molecule has 3 saturated heterocycles. The highest BCUT2D eigenvalue weighted by atomic mass is 16.7. The third kappa shape index (κ3) is 5.37. The van der Waals surface area contributed by atoms with Gasteiger partial charge >= 0.3 is 0 Å². The number of ether oxygens (including phenoxy) is 3. The van der Waals surface area contributed by atoms with Gasteiger partial charge in [-0.2, -0.15) is 0 Å². The van der Waals surface area contributed by atoms with Crippen molar-refractivity contribution in [2.75, 3.05) is 65.7 Å². The lowest BCUT2D eigenvalue weighted by molar-refractivity contribution is -0.126. The fraction of sp³-hybridized carbons (Fsp3) is 0.944. The number of likely N-dealkylation sites (tertiary alicyclic amines) is 1. The minimum absolute atomic E-state index is 0.0462. The van der Waals surface area contributed by atoms with Crippen molar-refractivity contribution in [1.29, 1.82) is 0 Å². The molecule has 0 bridgehead atoms. The van der Waals surface area contributed by atoms with Crippen molar-refractivity contribution in [2.24, 2.45) is 5.92 Å². The molecule has 1 amide bonds. The molecule has 1 unspecified atom stereocenters. The number of carbonyl (C=O) groups excluding carboxylic acids is 1. The standard InChI is InChI=1S/C18H33N3O4/c1-18(2,21-6-8-23-9-7-21)14-19-16(22)13-20-5-3-4-15(12-20)17-24-10-11-25-17/h15,17H,3-14H2,1-2H3,(H,19,22). The van der Waals surface area contributed by atoms with E-state index in [4.69, 9.17) is 14.2 Å². The summed E-state index contributed by atoms with van der Waals surface area (Å²) >= 11 is 0. The Morgan fingerprint density at radius 3 is 2.56 bits per heavy atom. The summed E-state index contributed by atoms with van der Waals surface area (Å²) in [7, 11) is 0. The third-order valence-corrected chi connectivity index (χ3v) is 5.53. The van der Waals surface area contributed by atoms with E-state index in [1.165, 1.54) is 0 Å². The van der Waals surface area contributed by atoms with Crippen LogP contribution in [0.4, 0.5) is 0 Å². The molecular formula is C18H33N3O4. The number of amides is 1. The van der Waals surface area contributed by atoms with Gasteiger partial charge in [-0.1, -0.05) is 0 Å². The van der Waals surface area contributed by atoms with Gasteiger partial charge < -0.3 is 19.5 Å². The van der Waals surface area contributed by atoms with Gasteiger partial charge in [0.1, 0.15) is 0 Å². The lowest BCUT2D eigenvalue weighted by atomic mass is 9.97. The first-order chi connectivity index (χ1) is 12.0. The summed E-state index contributed by atoms with van der Waals surface area (Å²) in [6.45, 7) is 12.1. The second-order valence-electron chi connectivity index (χ2n) is 7.94. The maximum Gasteiger partial charge on any atom is 0.234 e. The summed E-state index contributed by atoms with van der Waals surface area (Å²) in [5.41, 5.74) is -0.0462. The van der Waals surface area contributed by atoms with Crippen LogP contribution in [-0.4, -0.2) is 93.2 Å². The Morgan fingerprint density at radius 1 is 1.12 bits per heavy atom. The number of hydrogen-bond acceptors (Lipinski definition) is 6. The zero-order valence-corrected chi connectivity index (χ0v) is 15.7. The van der Waals surface area contributed by atoms with Crippen LogP contribution in [0.2, 0.25) is 0 Å². The van der Waals surface area contributed by atoms with Crippen molar-refractivity contribution in [1.82, 2.24) is 15.1 Å². The van der Waals surface area contributed by atoms with E-state index in [0.29, 0.717) is 32.2 Å². The largest absolute Gasteiger partial charge is 0.379 e. The number of rotatable bonds is 6. The lowest BCUT2D eigenvalue weighted by Crippen LogP contribution is -2.56. The predicted octanol–water partition coefficient (Wildman–Crippen LogP) is 0.298. The highest BCUT2D eigenvalue weighted by molar-refractivity contribution is 5.78. The number of hydrogen-bond donors (Lipinski definition) is 1. The summed E-state index contributed by atoms with van der Waals surface area (Å²) in [6.07, 6.45) is 2.14. The van der Waals surface area contributed by atoms with E-state index in [-0.39, 0.29) is 17.7 Å². The normalized spacial score (nSPS) is 27.5. The minimum Gasteiger partial charge on any atom is -0.379 e. The van der Waals surface area contributed by atoms with Gasteiger partial charge in [0, 0.05) is 37.6 Å². The zero-order chi connectivity index (χ0) is 17.7. The highest BCUT2D eigenvalue weighted by Gasteiger charge is 2.32. The summed E-state index contributed by atoms with van der Waals surface area (Å²) < 4.78 is 16.7. The van der Waals surface area contributed by atoms with E-state index in [9.17, 15) is 4.79 Å². The maximum atomic E-state index is 12.4. The molecule has 0 saturated carbocycles. The Hall–Kier alpha value is -0.730. The molecule has 0 aliphatic carbocycles. The average Bonchev–Trinajstić information content (AvgIpc) is 3.16. The smallest absolute Gasteiger partial charge is 0.234 e. The Morgan fingerprint density at radius 2 is 1.84 bits per heavy atom. The first-order valence-corrected chi connectivity index (χ1v) is 9.60. The van der Waals surface area contributed by atoms with Crippen molar-refractivity contribution in [3.05, 3.63) is 0 Å². The molecule has 1 atom stereocenters. The Bertz CT molecular complexity index is 434. The molecular weight excluding hydrogens is 322 g/mol. The van der Waals surface area contributed by atoms with E-state index in [1.54, 1.807) is 0 Å². The van der Waals surface area contributed by atoms with Gasteiger partial charge in [-0.25, -0.2) is 0 Å². The van der Waals surface area contributed by atoms with Crippen LogP contribution in [0.25, 0.3) is 0 Å². The first-order valence-electron chi connectivity index (χ1n) is 9.60. The van der Waals surface area contributed by atoms with Gasteiger partial charge in [0.2, 0.25) is 5.91 Å². The molecule has 0 aromatic rings. The summed E-state index contributed by atoms with van der Waals surface area (Å²) in [5, 5.41) is 3.13. The Labute approximate surface area is 150 Å². The van der Waals surface area contributed by atoms with Gasteiger partial charge in [0.15, 0.2) is 6.29 Å². The Kier molecular flexibility index (Phi) is 6.68. The number of carbonyl (C=O) groups is 1. The second-order valence-corrected chi connectivity index (χ2v) is 7.94. The molecule has 3 aliphatic rings. The van der Waals surface area contributed by atoms with Crippen molar-refractivity contribution < 1.29 is 19.0 Å². The zero-order valence-electron chi connectivity index (χ0n) is 15.7. The molecule has 0 radical (unpaired) electrons. The minimum atomic E-state index is -0.0777. The molecule has 7 heteroatoms. The van der Waals surface area contributed by atoms with Crippen LogP contribution in [0.3, 0.4) is 0 Å². The second kappa shape index (κ2) is 8.77. The van der Waals surface area contributed by atoms with E-state index in [0.717, 1.165) is 52.2 Å². The summed E-state index contributed by atoms with van der Waals surface area (Å²) in [4.78, 5) is 17.0. The van der Waals surface area contributed by atoms with Crippen molar-refractivity contribution >= 4 is 5.91 Å². The average molecular weight is 355 g/mol. The topological polar surface area (TPSA) is 63.3 Å². The van der Waals surface area contributed by atoms with Crippen molar-refractivity contribution in [2.45, 2.75) is 38.5 Å². The monoisotopic (exact) mass is 355 g/mol. The van der Waals surface area contributed by atoms with Crippen molar-refractivity contribution in [3.63, 3.8) is 0 Å². The van der Waals surface area contributed by atoms with Crippen molar-refractivity contribution in [3.8, 4) is 0 Å². The Balaban J connectivity index is 1.40. The van der Waals surface area contributed by atoms with E-state index in [1.807, 2.05) is 0 Å². The molecule has 0 spiro atoms. The molecule has 3 aliphatic heterocycles. The quantitative estimate of drug-likeness (QED) is 0.739. The van der Waals surface area contributed by atoms with E-state index >= 15 is 0 Å². The van der Waals surface area contributed by atoms with Crippen LogP contribution in [-0.2, 0) is 19.0 Å². The fourth-order valence-corrected chi connectivity index (χ4v) is 3.96. The van der Waals surface area contributed by atoms with Gasteiger partial charge in [-0.3, -0.25) is 14.6 Å². The van der Waals surface area contributed by atoms with E-state index in [2.05, 4.69) is 29.0 Å². The summed E-state index contributed by atoms with van der Waals surface area (Å²) in [5.74, 6) is 0.490. The number of morpholine rings is 1. The van der Waals surface area contributed by atoms with E-state index < -0.39 is 0 Å². The van der Waals surface area contributed by atoms with Crippen LogP contribution < -0.4 is 5.32 Å². The fourth-order valence-electron chi connectivity index (χ4n) is 3.96. The number of nitrogens with zero attached hydrogens (tertiary/aromatic N) is 2. The van der Waals surface area contributed by atoms with Gasteiger partial charge in [-0.15, -0.1) is 0 Å². The molecule has 3 fully saturated rings. The molecule has 0 aromatic carbocycles. The summed E-state index contributed by atoms with van der Waals surface area (Å²) in [6, 6.07) is 0. The van der Waals surface area contributed by atoms with Crippen LogP contribution in [0.15, 0.2) is 0 Å². The number of nitrogens with one attached hydrogen (secondary N) is 1. The van der Waals surface area contributed by atoms with Gasteiger partial charge in [0.25, 0.3) is 0 Å². The molecule has 144 valence electrons. The molecule has 3 rings (SSSR count). The maximum absolute atomic E-state index is 12.4. The highest BCUT2D eigenvalue weighted by Crippen LogP contribution is 2.24. The van der Waals surface area contributed by atoms with Gasteiger partial charge in [0.05, 0.1) is 33.0 Å². The molecule has 0 aromatic heterocycles. The van der Waals surface area contributed by atoms with Gasteiger partial charge in [-0.05, 0) is 33.2 Å². The molecule has 1 N–H and O–H groups in total. The number of piperidine rings is 1. The predicted molar refractivity (Wildman–Crippen MR) is 94.3 cm³/mol. The third-order valence-electron chi connectivity index (χ3n) is 5.53. The van der Waals surface area contributed by atoms with Crippen LogP contribution in [0.1, 0.15) is 26.7 Å². The lowest BCUT2D eigenvalue weighted by Gasteiger charge is -2.41. The molecule has 3 heterocycles. The molecule has 25 heavy (non-hydrogen) atoms. The SMILES string of the molecule is CC(C)(CNC(=O)CN1CCCC(C2OCCO2)C1)N1CCOCC1.